The molecule has 0 aliphatic heterocycles. The first kappa shape index (κ1) is 14.3. The van der Waals surface area contributed by atoms with E-state index in [0.717, 1.165) is 0 Å². The fourth-order valence-electron chi connectivity index (χ4n) is 0.646. The number of carboxylic acid groups (broad SMARTS) is 1. The molecular weight excluding hydrogens is 228 g/mol. The molecular formula is C7H14O7S. The molecule has 0 saturated carbocycles. The highest BCUT2D eigenvalue weighted by Crippen LogP contribution is 1.86. The fraction of sp³-hybridized carbons (Fsp3) is 0.857. The molecule has 0 bridgehead atoms. The molecule has 0 atom stereocenters. The Morgan fingerprint density at radius 3 is 2.07 bits per heavy atom. The number of aliphatic carboxylic acids is 1. The van der Waals surface area contributed by atoms with Crippen molar-refractivity contribution in [2.45, 2.75) is 6.42 Å². The molecule has 0 heterocycles. The molecule has 15 heavy (non-hydrogen) atoms. The standard InChI is InChI=1S/C7H14O7S/c8-7(9)1-2-13-3-4-14-5-6-15(10,11)12/h1-6H2,(H,8,9)(H,10,11,12). The zero-order valence-corrected chi connectivity index (χ0v) is 8.90. The van der Waals surface area contributed by atoms with Crippen LogP contribution in [0.15, 0.2) is 0 Å². The van der Waals surface area contributed by atoms with Gasteiger partial charge in [-0.2, -0.15) is 8.42 Å². The average Bonchev–Trinajstić information content (AvgIpc) is 2.07. The highest BCUT2D eigenvalue weighted by molar-refractivity contribution is 7.85. The van der Waals surface area contributed by atoms with Gasteiger partial charge in [0.15, 0.2) is 0 Å². The Labute approximate surface area is 87.7 Å². The first-order chi connectivity index (χ1) is 6.92. The third-order valence-corrected chi connectivity index (χ3v) is 2.00. The summed E-state index contributed by atoms with van der Waals surface area (Å²) in [7, 11) is -3.98. The maximum atomic E-state index is 10.2. The maximum Gasteiger partial charge on any atom is 0.305 e. The predicted molar refractivity (Wildman–Crippen MR) is 50.3 cm³/mol. The van der Waals surface area contributed by atoms with Crippen LogP contribution in [-0.2, 0) is 24.4 Å². The van der Waals surface area contributed by atoms with E-state index in [0.29, 0.717) is 0 Å². The van der Waals surface area contributed by atoms with Crippen molar-refractivity contribution in [1.29, 1.82) is 0 Å². The van der Waals surface area contributed by atoms with E-state index < -0.39 is 21.8 Å². The smallest absolute Gasteiger partial charge is 0.305 e. The quantitative estimate of drug-likeness (QED) is 0.409. The largest absolute Gasteiger partial charge is 0.481 e. The van der Waals surface area contributed by atoms with Gasteiger partial charge in [0, 0.05) is 0 Å². The van der Waals surface area contributed by atoms with Gasteiger partial charge in [-0.15, -0.1) is 0 Å². The minimum Gasteiger partial charge on any atom is -0.481 e. The summed E-state index contributed by atoms with van der Waals surface area (Å²) in [5, 5.41) is 8.24. The summed E-state index contributed by atoms with van der Waals surface area (Å²) in [6, 6.07) is 0. The molecule has 7 nitrogen and oxygen atoms in total. The van der Waals surface area contributed by atoms with E-state index in [-0.39, 0.29) is 32.8 Å². The molecule has 0 rings (SSSR count). The lowest BCUT2D eigenvalue weighted by Crippen LogP contribution is -2.14. The van der Waals surface area contributed by atoms with Crippen molar-refractivity contribution < 1.29 is 32.3 Å². The molecule has 0 aromatic carbocycles. The lowest BCUT2D eigenvalue weighted by Gasteiger charge is -2.03. The van der Waals surface area contributed by atoms with Crippen LogP contribution >= 0.6 is 0 Å². The maximum absolute atomic E-state index is 10.2. The van der Waals surface area contributed by atoms with Crippen molar-refractivity contribution >= 4 is 16.1 Å². The molecule has 0 unspecified atom stereocenters. The summed E-state index contributed by atoms with van der Waals surface area (Å²) in [5.74, 6) is -1.40. The normalized spacial score (nSPS) is 11.5. The van der Waals surface area contributed by atoms with Gasteiger partial charge >= 0.3 is 5.97 Å². The van der Waals surface area contributed by atoms with Gasteiger partial charge in [-0.25, -0.2) is 0 Å². The van der Waals surface area contributed by atoms with Crippen LogP contribution in [0.2, 0.25) is 0 Å². The summed E-state index contributed by atoms with van der Waals surface area (Å²) in [5.41, 5.74) is 0. The van der Waals surface area contributed by atoms with E-state index in [1.54, 1.807) is 0 Å². The van der Waals surface area contributed by atoms with E-state index in [9.17, 15) is 13.2 Å². The Bertz CT molecular complexity index is 271. The summed E-state index contributed by atoms with van der Waals surface area (Å²) in [4.78, 5) is 10.0. The number of carbonyl (C=O) groups is 1. The van der Waals surface area contributed by atoms with Gasteiger partial charge in [0.2, 0.25) is 0 Å². The minimum absolute atomic E-state index is 0.0784. The van der Waals surface area contributed by atoms with Crippen molar-refractivity contribution in [3.63, 3.8) is 0 Å². The SMILES string of the molecule is O=C(O)CCOCCOCCS(=O)(=O)O. The average molecular weight is 242 g/mol. The van der Waals surface area contributed by atoms with Crippen LogP contribution in [0.4, 0.5) is 0 Å². The summed E-state index contributed by atoms with van der Waals surface area (Å²) >= 11 is 0. The van der Waals surface area contributed by atoms with Gasteiger partial charge in [0.05, 0.1) is 38.6 Å². The van der Waals surface area contributed by atoms with E-state index in [1.807, 2.05) is 0 Å². The first-order valence-electron chi connectivity index (χ1n) is 4.24. The number of hydrogen-bond acceptors (Lipinski definition) is 5. The zero-order chi connectivity index (χ0) is 11.7. The van der Waals surface area contributed by atoms with Crippen LogP contribution in [0, 0.1) is 0 Å². The number of hydrogen-bond donors (Lipinski definition) is 2. The van der Waals surface area contributed by atoms with Gasteiger partial charge in [0.1, 0.15) is 0 Å². The van der Waals surface area contributed by atoms with Gasteiger partial charge < -0.3 is 14.6 Å². The van der Waals surface area contributed by atoms with E-state index in [2.05, 4.69) is 0 Å². The molecule has 0 fully saturated rings. The van der Waals surface area contributed by atoms with Crippen LogP contribution < -0.4 is 0 Å². The highest BCUT2D eigenvalue weighted by atomic mass is 32.2. The summed E-state index contributed by atoms with van der Waals surface area (Å²) in [6.07, 6.45) is -0.0784. The van der Waals surface area contributed by atoms with Crippen LogP contribution in [0.3, 0.4) is 0 Å². The first-order valence-corrected chi connectivity index (χ1v) is 5.85. The van der Waals surface area contributed by atoms with Crippen LogP contribution in [0.25, 0.3) is 0 Å². The summed E-state index contributed by atoms with van der Waals surface area (Å²) in [6.45, 7) is 0.339. The zero-order valence-electron chi connectivity index (χ0n) is 8.09. The number of ether oxygens (including phenoxy) is 2. The summed E-state index contributed by atoms with van der Waals surface area (Å²) < 4.78 is 38.4. The van der Waals surface area contributed by atoms with Gasteiger partial charge in [-0.3, -0.25) is 9.35 Å². The molecule has 0 aliphatic carbocycles. The van der Waals surface area contributed by atoms with Gasteiger partial charge in [0.25, 0.3) is 10.1 Å². The number of carboxylic acids is 1. The Morgan fingerprint density at radius 1 is 1.07 bits per heavy atom. The van der Waals surface area contributed by atoms with Crippen LogP contribution in [-0.4, -0.2) is 56.2 Å². The molecule has 0 aromatic rings. The molecule has 2 N–H and O–H groups in total. The fourth-order valence-corrected chi connectivity index (χ4v) is 0.974. The van der Waals surface area contributed by atoms with E-state index in [1.165, 1.54) is 0 Å². The lowest BCUT2D eigenvalue weighted by atomic mass is 10.5. The lowest BCUT2D eigenvalue weighted by molar-refractivity contribution is -0.138. The van der Waals surface area contributed by atoms with Crippen molar-refractivity contribution in [2.75, 3.05) is 32.2 Å². The molecule has 0 spiro atoms. The number of rotatable bonds is 9. The Balaban J connectivity index is 3.16. The van der Waals surface area contributed by atoms with E-state index in [4.69, 9.17) is 19.1 Å². The third-order valence-electron chi connectivity index (χ3n) is 1.32. The molecule has 0 aliphatic rings. The van der Waals surface area contributed by atoms with Crippen molar-refractivity contribution in [3.05, 3.63) is 0 Å². The third kappa shape index (κ3) is 13.3. The molecule has 0 amide bonds. The van der Waals surface area contributed by atoms with Crippen LogP contribution in [0.5, 0.6) is 0 Å². The molecule has 0 radical (unpaired) electrons. The monoisotopic (exact) mass is 242 g/mol. The minimum atomic E-state index is -3.98. The molecule has 0 aromatic heterocycles. The highest BCUT2D eigenvalue weighted by Gasteiger charge is 2.03. The molecule has 8 heteroatoms. The van der Waals surface area contributed by atoms with E-state index >= 15 is 0 Å². The second kappa shape index (κ2) is 7.57. The van der Waals surface area contributed by atoms with Crippen LogP contribution in [0.1, 0.15) is 6.42 Å². The Hall–Kier alpha value is -0.700. The predicted octanol–water partition coefficient (Wildman–Crippen LogP) is -0.618. The van der Waals surface area contributed by atoms with Gasteiger partial charge in [-0.1, -0.05) is 0 Å². The van der Waals surface area contributed by atoms with Gasteiger partial charge in [-0.05, 0) is 0 Å². The topological polar surface area (TPSA) is 110 Å². The second-order valence-corrected chi connectivity index (χ2v) is 4.23. The second-order valence-electron chi connectivity index (χ2n) is 2.65. The molecule has 90 valence electrons. The van der Waals surface area contributed by atoms with Crippen molar-refractivity contribution in [2.24, 2.45) is 0 Å². The Morgan fingerprint density at radius 2 is 1.60 bits per heavy atom. The van der Waals surface area contributed by atoms with Crippen molar-refractivity contribution in [3.8, 4) is 0 Å². The van der Waals surface area contributed by atoms with Crippen molar-refractivity contribution in [1.82, 2.24) is 0 Å². The molecule has 0 saturated heterocycles. The Kier molecular flexibility index (Phi) is 7.22.